The van der Waals surface area contributed by atoms with Gasteiger partial charge in [-0.15, -0.1) is 0 Å². The van der Waals surface area contributed by atoms with E-state index in [-0.39, 0.29) is 17.8 Å². The fourth-order valence-electron chi connectivity index (χ4n) is 3.14. The van der Waals surface area contributed by atoms with Crippen molar-refractivity contribution >= 4 is 21.6 Å². The van der Waals surface area contributed by atoms with Crippen LogP contribution in [0.5, 0.6) is 5.75 Å². The van der Waals surface area contributed by atoms with Gasteiger partial charge in [-0.3, -0.25) is 9.10 Å². The minimum Gasteiger partial charge on any atom is -0.491 e. The van der Waals surface area contributed by atoms with Crippen molar-refractivity contribution < 1.29 is 17.9 Å². The number of hydrogen-bond acceptors (Lipinski definition) is 4. The zero-order valence-corrected chi connectivity index (χ0v) is 17.0. The zero-order chi connectivity index (χ0) is 20.1. The predicted molar refractivity (Wildman–Crippen MR) is 110 cm³/mol. The molecular formula is C21H26N2O4S. The summed E-state index contributed by atoms with van der Waals surface area (Å²) < 4.78 is 31.5. The van der Waals surface area contributed by atoms with E-state index in [0.29, 0.717) is 30.8 Å². The van der Waals surface area contributed by atoms with Crippen molar-refractivity contribution in [3.8, 4) is 5.75 Å². The minimum atomic E-state index is -3.25. The number of ether oxygens (including phenoxy) is 1. The Kier molecular flexibility index (Phi) is 6.24. The number of carbonyl (C=O) groups is 1. The van der Waals surface area contributed by atoms with Crippen molar-refractivity contribution in [1.29, 1.82) is 0 Å². The second kappa shape index (κ2) is 8.65. The Balaban J connectivity index is 1.62. The molecule has 1 fully saturated rings. The van der Waals surface area contributed by atoms with E-state index < -0.39 is 10.0 Å². The molecule has 1 aliphatic heterocycles. The Hall–Kier alpha value is -2.54. The van der Waals surface area contributed by atoms with Gasteiger partial charge in [-0.05, 0) is 68.7 Å². The van der Waals surface area contributed by atoms with Crippen LogP contribution in [0.15, 0.2) is 48.5 Å². The molecule has 2 aromatic rings. The van der Waals surface area contributed by atoms with Gasteiger partial charge in [0.2, 0.25) is 10.0 Å². The predicted octanol–water partition coefficient (Wildman–Crippen LogP) is 3.33. The maximum Gasteiger partial charge on any atom is 0.251 e. The average Bonchev–Trinajstić information content (AvgIpc) is 2.66. The monoisotopic (exact) mass is 402 g/mol. The van der Waals surface area contributed by atoms with Crippen LogP contribution in [0.1, 0.15) is 42.6 Å². The van der Waals surface area contributed by atoms with Crippen LogP contribution in [0.3, 0.4) is 0 Å². The van der Waals surface area contributed by atoms with Gasteiger partial charge in [-0.2, -0.15) is 0 Å². The average molecular weight is 403 g/mol. The van der Waals surface area contributed by atoms with Gasteiger partial charge in [0.15, 0.2) is 0 Å². The first kappa shape index (κ1) is 20.2. The van der Waals surface area contributed by atoms with Crippen LogP contribution in [0.25, 0.3) is 0 Å². The highest BCUT2D eigenvalue weighted by molar-refractivity contribution is 7.92. The lowest BCUT2D eigenvalue weighted by molar-refractivity contribution is 0.0951. The summed E-state index contributed by atoms with van der Waals surface area (Å²) >= 11 is 0. The first-order valence-corrected chi connectivity index (χ1v) is 11.1. The van der Waals surface area contributed by atoms with Crippen molar-refractivity contribution in [3.05, 3.63) is 59.7 Å². The molecule has 1 N–H and O–H groups in total. The summed E-state index contributed by atoms with van der Waals surface area (Å²) in [5.74, 6) is 0.742. The molecule has 0 bridgehead atoms. The van der Waals surface area contributed by atoms with Crippen molar-refractivity contribution in [2.24, 2.45) is 0 Å². The minimum absolute atomic E-state index is 0.0899. The van der Waals surface area contributed by atoms with Crippen molar-refractivity contribution in [2.75, 3.05) is 16.6 Å². The summed E-state index contributed by atoms with van der Waals surface area (Å²) in [4.78, 5) is 12.4. The third-order valence-electron chi connectivity index (χ3n) is 4.49. The number of nitrogens with one attached hydrogen (secondary N) is 1. The standard InChI is InChI=1S/C21H26N2O4S/c1-16(2)27-20-7-5-6-17(14-20)15-22-21(24)18-8-10-19(11-9-18)23-12-3-4-13-28(23,25)26/h5-11,14,16H,3-4,12-13,15H2,1-2H3,(H,22,24). The Morgan fingerprint density at radius 2 is 1.89 bits per heavy atom. The van der Waals surface area contributed by atoms with Gasteiger partial charge in [0, 0.05) is 18.7 Å². The number of sulfonamides is 1. The molecule has 0 unspecified atom stereocenters. The summed E-state index contributed by atoms with van der Waals surface area (Å²) in [6.07, 6.45) is 1.64. The third-order valence-corrected chi connectivity index (χ3v) is 6.36. The second-order valence-corrected chi connectivity index (χ2v) is 9.15. The van der Waals surface area contributed by atoms with Crippen molar-refractivity contribution in [2.45, 2.75) is 39.3 Å². The van der Waals surface area contributed by atoms with Gasteiger partial charge in [0.25, 0.3) is 5.91 Å². The van der Waals surface area contributed by atoms with Crippen molar-refractivity contribution in [1.82, 2.24) is 5.32 Å². The van der Waals surface area contributed by atoms with E-state index in [0.717, 1.165) is 17.7 Å². The molecule has 7 heteroatoms. The lowest BCUT2D eigenvalue weighted by atomic mass is 10.1. The van der Waals surface area contributed by atoms with Gasteiger partial charge in [0.05, 0.1) is 17.5 Å². The Morgan fingerprint density at radius 3 is 2.57 bits per heavy atom. The first-order valence-electron chi connectivity index (χ1n) is 9.49. The molecule has 6 nitrogen and oxygen atoms in total. The van der Waals surface area contributed by atoms with Crippen LogP contribution < -0.4 is 14.4 Å². The van der Waals surface area contributed by atoms with E-state index in [4.69, 9.17) is 4.74 Å². The Bertz CT molecular complexity index is 924. The molecule has 3 rings (SSSR count). The summed E-state index contributed by atoms with van der Waals surface area (Å²) in [7, 11) is -3.25. The number of anilines is 1. The van der Waals surface area contributed by atoms with Crippen LogP contribution in [-0.2, 0) is 16.6 Å². The smallest absolute Gasteiger partial charge is 0.251 e. The second-order valence-electron chi connectivity index (χ2n) is 7.14. The summed E-state index contributed by atoms with van der Waals surface area (Å²) in [6.45, 7) is 4.81. The maximum absolute atomic E-state index is 12.4. The molecule has 1 aliphatic rings. The molecule has 0 atom stereocenters. The molecule has 0 aromatic heterocycles. The number of amides is 1. The summed E-state index contributed by atoms with van der Waals surface area (Å²) in [5.41, 5.74) is 2.05. The van der Waals surface area contributed by atoms with Gasteiger partial charge >= 0.3 is 0 Å². The van der Waals surface area contributed by atoms with Crippen LogP contribution >= 0.6 is 0 Å². The van der Waals surface area contributed by atoms with E-state index in [2.05, 4.69) is 5.32 Å². The fourth-order valence-corrected chi connectivity index (χ4v) is 4.78. The molecule has 1 amide bonds. The normalized spacial score (nSPS) is 16.0. The molecule has 0 radical (unpaired) electrons. The van der Waals surface area contributed by atoms with E-state index in [1.54, 1.807) is 24.3 Å². The highest BCUT2D eigenvalue weighted by Crippen LogP contribution is 2.23. The molecule has 0 saturated carbocycles. The topological polar surface area (TPSA) is 75.7 Å². The first-order chi connectivity index (χ1) is 13.3. The van der Waals surface area contributed by atoms with Crippen LogP contribution in [0, 0.1) is 0 Å². The Morgan fingerprint density at radius 1 is 1.14 bits per heavy atom. The largest absolute Gasteiger partial charge is 0.491 e. The molecule has 28 heavy (non-hydrogen) atoms. The van der Waals surface area contributed by atoms with Gasteiger partial charge in [-0.25, -0.2) is 8.42 Å². The zero-order valence-electron chi connectivity index (χ0n) is 16.2. The van der Waals surface area contributed by atoms with Crippen LogP contribution in [0.2, 0.25) is 0 Å². The van der Waals surface area contributed by atoms with Crippen LogP contribution in [0.4, 0.5) is 5.69 Å². The molecule has 1 saturated heterocycles. The van der Waals surface area contributed by atoms with Crippen molar-refractivity contribution in [3.63, 3.8) is 0 Å². The SMILES string of the molecule is CC(C)Oc1cccc(CNC(=O)c2ccc(N3CCCCS3(=O)=O)cc2)c1. The van der Waals surface area contributed by atoms with Gasteiger partial charge in [0.1, 0.15) is 5.75 Å². The van der Waals surface area contributed by atoms with E-state index in [1.807, 2.05) is 38.1 Å². The number of benzene rings is 2. The molecule has 0 spiro atoms. The maximum atomic E-state index is 12.4. The molecule has 150 valence electrons. The number of rotatable bonds is 6. The Labute approximate surface area is 166 Å². The van der Waals surface area contributed by atoms with E-state index in [9.17, 15) is 13.2 Å². The summed E-state index contributed by atoms with van der Waals surface area (Å²) in [5, 5.41) is 2.88. The quantitative estimate of drug-likeness (QED) is 0.804. The molecule has 1 heterocycles. The molecule has 2 aromatic carbocycles. The van der Waals surface area contributed by atoms with E-state index >= 15 is 0 Å². The number of hydrogen-bond donors (Lipinski definition) is 1. The number of carbonyl (C=O) groups excluding carboxylic acids is 1. The fraction of sp³-hybridized carbons (Fsp3) is 0.381. The lowest BCUT2D eigenvalue weighted by Crippen LogP contribution is -2.37. The highest BCUT2D eigenvalue weighted by atomic mass is 32.2. The molecular weight excluding hydrogens is 376 g/mol. The highest BCUT2D eigenvalue weighted by Gasteiger charge is 2.25. The summed E-state index contributed by atoms with van der Waals surface area (Å²) in [6, 6.07) is 14.3. The number of nitrogens with zero attached hydrogens (tertiary/aromatic N) is 1. The van der Waals surface area contributed by atoms with Crippen LogP contribution in [-0.4, -0.2) is 32.7 Å². The van der Waals surface area contributed by atoms with Gasteiger partial charge in [-0.1, -0.05) is 12.1 Å². The van der Waals surface area contributed by atoms with E-state index in [1.165, 1.54) is 4.31 Å². The van der Waals surface area contributed by atoms with Gasteiger partial charge < -0.3 is 10.1 Å². The lowest BCUT2D eigenvalue weighted by Gasteiger charge is -2.28. The molecule has 0 aliphatic carbocycles. The third kappa shape index (κ3) is 5.04.